The molecule has 0 fully saturated rings. The summed E-state index contributed by atoms with van der Waals surface area (Å²) in [5, 5.41) is 15.4. The van der Waals surface area contributed by atoms with Gasteiger partial charge >= 0.3 is 0 Å². The Morgan fingerprint density at radius 2 is 1.33 bits per heavy atom. The van der Waals surface area contributed by atoms with Crippen LogP contribution in [-0.4, -0.2) is 34.2 Å². The molecule has 5 nitrogen and oxygen atoms in total. The predicted molar refractivity (Wildman–Crippen MR) is 172 cm³/mol. The summed E-state index contributed by atoms with van der Waals surface area (Å²) in [5.41, 5.74) is 4.81. The molecule has 0 spiro atoms. The first-order valence-corrected chi connectivity index (χ1v) is 14.6. The van der Waals surface area contributed by atoms with Crippen molar-refractivity contribution in [2.45, 2.75) is 18.4 Å². The number of nitrogens with one attached hydrogen (secondary N) is 1. The summed E-state index contributed by atoms with van der Waals surface area (Å²) in [6.07, 6.45) is 3.99. The van der Waals surface area contributed by atoms with Gasteiger partial charge in [-0.3, -0.25) is 4.79 Å². The van der Waals surface area contributed by atoms with Crippen LogP contribution in [0.15, 0.2) is 140 Å². The maximum Gasteiger partial charge on any atom is 0.251 e. The number of carbonyl (C=O) groups excluding carboxylic acids is 1. The van der Waals surface area contributed by atoms with E-state index in [1.54, 1.807) is 7.05 Å². The Labute approximate surface area is 252 Å². The number of aliphatic hydroxyl groups is 1. The molecule has 0 aliphatic heterocycles. The standard InChI is InChI=1S/C38H35N3O2/c1-27(25-42)35(36-32-21-13-12-14-28(32)22-23-33(36)37(43)39-2)34-24-41(26-40-34)38(29-15-6-3-7-16-29,30-17-8-4-9-18-30)31-19-10-5-11-20-31/h3-24,26-27,35,42H,25H2,1-2H3,(H,39,43). The van der Waals surface area contributed by atoms with Crippen LogP contribution in [0.2, 0.25) is 0 Å². The van der Waals surface area contributed by atoms with Gasteiger partial charge in [0.15, 0.2) is 0 Å². The van der Waals surface area contributed by atoms with Crippen molar-refractivity contribution in [3.63, 3.8) is 0 Å². The molecule has 6 rings (SSSR count). The van der Waals surface area contributed by atoms with Gasteiger partial charge in [-0.2, -0.15) is 0 Å². The molecule has 2 N–H and O–H groups in total. The summed E-state index contributed by atoms with van der Waals surface area (Å²) in [7, 11) is 1.65. The second kappa shape index (κ2) is 12.1. The van der Waals surface area contributed by atoms with E-state index in [9.17, 15) is 9.90 Å². The van der Waals surface area contributed by atoms with Gasteiger partial charge in [0.1, 0.15) is 5.54 Å². The van der Waals surface area contributed by atoms with Crippen molar-refractivity contribution in [3.05, 3.63) is 173 Å². The third-order valence-electron chi connectivity index (χ3n) is 8.49. The molecular formula is C38H35N3O2. The molecule has 5 heteroatoms. The van der Waals surface area contributed by atoms with Gasteiger partial charge in [-0.25, -0.2) is 4.98 Å². The summed E-state index contributed by atoms with van der Waals surface area (Å²) in [6.45, 7) is 1.95. The fourth-order valence-electron chi connectivity index (χ4n) is 6.46. The van der Waals surface area contributed by atoms with E-state index in [4.69, 9.17) is 4.98 Å². The van der Waals surface area contributed by atoms with Gasteiger partial charge in [0, 0.05) is 31.3 Å². The molecule has 43 heavy (non-hydrogen) atoms. The van der Waals surface area contributed by atoms with Crippen molar-refractivity contribution in [2.24, 2.45) is 5.92 Å². The van der Waals surface area contributed by atoms with Crippen LogP contribution in [0.1, 0.15) is 51.1 Å². The van der Waals surface area contributed by atoms with E-state index in [1.807, 2.05) is 61.8 Å². The molecular weight excluding hydrogens is 530 g/mol. The third kappa shape index (κ3) is 4.92. The minimum absolute atomic E-state index is 0.0604. The molecule has 0 saturated carbocycles. The van der Waals surface area contributed by atoms with E-state index in [-0.39, 0.29) is 24.3 Å². The predicted octanol–water partition coefficient (Wildman–Crippen LogP) is 7.00. The van der Waals surface area contributed by atoms with Gasteiger partial charge in [-0.1, -0.05) is 128 Å². The average molecular weight is 566 g/mol. The lowest BCUT2D eigenvalue weighted by atomic mass is 9.76. The van der Waals surface area contributed by atoms with E-state index in [2.05, 4.69) is 94.9 Å². The van der Waals surface area contributed by atoms with Crippen molar-refractivity contribution in [3.8, 4) is 0 Å². The summed E-state index contributed by atoms with van der Waals surface area (Å²) in [5.74, 6) is -0.718. The van der Waals surface area contributed by atoms with Crippen LogP contribution in [0.5, 0.6) is 0 Å². The average Bonchev–Trinajstić information content (AvgIpc) is 3.56. The fraction of sp³-hybridized carbons (Fsp3) is 0.158. The highest BCUT2D eigenvalue weighted by atomic mass is 16.3. The van der Waals surface area contributed by atoms with E-state index >= 15 is 0 Å². The number of aromatic nitrogens is 2. The SMILES string of the molecule is CNC(=O)c1ccc2ccccc2c1C(c1cn(C(c2ccccc2)(c2ccccc2)c2ccccc2)cn1)C(C)CO. The maximum absolute atomic E-state index is 13.2. The number of hydrogen-bond donors (Lipinski definition) is 2. The van der Waals surface area contributed by atoms with Crippen molar-refractivity contribution in [1.82, 2.24) is 14.9 Å². The zero-order chi connectivity index (χ0) is 29.8. The Morgan fingerprint density at radius 3 is 1.86 bits per heavy atom. The van der Waals surface area contributed by atoms with Gasteiger partial charge in [0.05, 0.1) is 12.0 Å². The molecule has 0 saturated heterocycles. The minimum atomic E-state index is -0.718. The number of amides is 1. The Bertz CT molecular complexity index is 1730. The highest BCUT2D eigenvalue weighted by Crippen LogP contribution is 2.43. The summed E-state index contributed by atoms with van der Waals surface area (Å²) in [6, 6.07) is 43.4. The molecule has 1 heterocycles. The Hall–Kier alpha value is -5.00. The lowest BCUT2D eigenvalue weighted by Crippen LogP contribution is -2.37. The van der Waals surface area contributed by atoms with Crippen LogP contribution in [-0.2, 0) is 5.54 Å². The third-order valence-corrected chi connectivity index (χ3v) is 8.49. The Balaban J connectivity index is 1.64. The Morgan fingerprint density at radius 1 is 0.791 bits per heavy atom. The van der Waals surface area contributed by atoms with Crippen LogP contribution in [0, 0.1) is 5.92 Å². The first-order valence-electron chi connectivity index (χ1n) is 14.6. The van der Waals surface area contributed by atoms with Crippen molar-refractivity contribution in [1.29, 1.82) is 0 Å². The van der Waals surface area contributed by atoms with E-state index in [0.29, 0.717) is 5.56 Å². The molecule has 214 valence electrons. The molecule has 0 aliphatic carbocycles. The highest BCUT2D eigenvalue weighted by molar-refractivity contribution is 6.02. The van der Waals surface area contributed by atoms with Crippen molar-refractivity contribution >= 4 is 16.7 Å². The van der Waals surface area contributed by atoms with Crippen LogP contribution < -0.4 is 5.32 Å². The summed E-state index contributed by atoms with van der Waals surface area (Å²) in [4.78, 5) is 18.3. The maximum atomic E-state index is 13.2. The number of rotatable bonds is 9. The van der Waals surface area contributed by atoms with Crippen LogP contribution >= 0.6 is 0 Å². The number of carbonyl (C=O) groups is 1. The largest absolute Gasteiger partial charge is 0.396 e. The van der Waals surface area contributed by atoms with E-state index in [0.717, 1.165) is 38.7 Å². The van der Waals surface area contributed by atoms with Crippen LogP contribution in [0.25, 0.3) is 10.8 Å². The lowest BCUT2D eigenvalue weighted by molar-refractivity contribution is 0.0961. The monoisotopic (exact) mass is 565 g/mol. The van der Waals surface area contributed by atoms with Crippen LogP contribution in [0.3, 0.4) is 0 Å². The van der Waals surface area contributed by atoms with E-state index < -0.39 is 5.54 Å². The topological polar surface area (TPSA) is 67.2 Å². The number of imidazole rings is 1. The molecule has 2 unspecified atom stereocenters. The van der Waals surface area contributed by atoms with Gasteiger partial charge in [0.2, 0.25) is 0 Å². The first kappa shape index (κ1) is 28.1. The van der Waals surface area contributed by atoms with Gasteiger partial charge in [-0.05, 0) is 45.0 Å². The van der Waals surface area contributed by atoms with Crippen molar-refractivity contribution in [2.75, 3.05) is 13.7 Å². The summed E-state index contributed by atoms with van der Waals surface area (Å²) < 4.78 is 2.18. The zero-order valence-electron chi connectivity index (χ0n) is 24.4. The molecule has 1 aromatic heterocycles. The number of aliphatic hydroxyl groups excluding tert-OH is 1. The zero-order valence-corrected chi connectivity index (χ0v) is 24.4. The summed E-state index contributed by atoms with van der Waals surface area (Å²) >= 11 is 0. The van der Waals surface area contributed by atoms with Crippen molar-refractivity contribution < 1.29 is 9.90 Å². The molecule has 0 bridgehead atoms. The van der Waals surface area contributed by atoms with Gasteiger partial charge in [-0.15, -0.1) is 0 Å². The number of fused-ring (bicyclic) bond motifs is 1. The van der Waals surface area contributed by atoms with Gasteiger partial charge in [0.25, 0.3) is 5.91 Å². The minimum Gasteiger partial charge on any atom is -0.396 e. The highest BCUT2D eigenvalue weighted by Gasteiger charge is 2.39. The Kier molecular flexibility index (Phi) is 7.91. The molecule has 0 radical (unpaired) electrons. The van der Waals surface area contributed by atoms with E-state index in [1.165, 1.54) is 0 Å². The fourth-order valence-corrected chi connectivity index (χ4v) is 6.46. The quantitative estimate of drug-likeness (QED) is 0.186. The number of hydrogen-bond acceptors (Lipinski definition) is 3. The normalized spacial score (nSPS) is 13.0. The second-order valence-corrected chi connectivity index (χ2v) is 11.0. The number of benzene rings is 5. The molecule has 5 aromatic carbocycles. The first-order chi connectivity index (χ1) is 21.1. The number of nitrogens with zero attached hydrogens (tertiary/aromatic N) is 2. The smallest absolute Gasteiger partial charge is 0.251 e. The van der Waals surface area contributed by atoms with Gasteiger partial charge < -0.3 is 15.0 Å². The van der Waals surface area contributed by atoms with Crippen LogP contribution in [0.4, 0.5) is 0 Å². The lowest BCUT2D eigenvalue weighted by Gasteiger charge is -2.37. The molecule has 6 aromatic rings. The molecule has 2 atom stereocenters. The molecule has 1 amide bonds. The molecule has 0 aliphatic rings. The second-order valence-electron chi connectivity index (χ2n) is 11.0.